The maximum atomic E-state index is 12.1. The Morgan fingerprint density at radius 3 is 2.71 bits per heavy atom. The highest BCUT2D eigenvalue weighted by Gasteiger charge is 2.37. The molecule has 1 heterocycles. The monoisotopic (exact) mass is 295 g/mol. The van der Waals surface area contributed by atoms with Crippen LogP contribution in [-0.4, -0.2) is 9.90 Å². The summed E-state index contributed by atoms with van der Waals surface area (Å²) in [5.41, 5.74) is 3.25. The fraction of sp³-hybridized carbons (Fsp3) is 0.643. The Morgan fingerprint density at radius 2 is 2.06 bits per heavy atom. The molecule has 0 bridgehead atoms. The van der Waals surface area contributed by atoms with Crippen LogP contribution in [0.15, 0.2) is 16.9 Å². The van der Waals surface area contributed by atoms with Crippen molar-refractivity contribution in [3.8, 4) is 0 Å². The Hall–Kier alpha value is -0.570. The van der Waals surface area contributed by atoms with Gasteiger partial charge in [0.25, 0.3) is 5.56 Å². The highest BCUT2D eigenvalue weighted by atomic mass is 79.9. The lowest BCUT2D eigenvalue weighted by molar-refractivity contribution is 0.137. The summed E-state index contributed by atoms with van der Waals surface area (Å²) in [5.74, 6) is 0. The second kappa shape index (κ2) is 4.27. The molecule has 1 fully saturated rings. The summed E-state index contributed by atoms with van der Waals surface area (Å²) in [7, 11) is 0. The maximum absolute atomic E-state index is 12.1. The fourth-order valence-electron chi connectivity index (χ4n) is 3.15. The molecule has 1 aromatic heterocycles. The third-order valence-corrected chi connectivity index (χ3v) is 5.63. The van der Waals surface area contributed by atoms with Crippen LogP contribution in [0.25, 0.3) is 0 Å². The van der Waals surface area contributed by atoms with Gasteiger partial charge in [-0.1, -0.05) is 28.4 Å². The van der Waals surface area contributed by atoms with Crippen LogP contribution in [0.1, 0.15) is 36.9 Å². The molecule has 0 N–H and O–H groups in total. The van der Waals surface area contributed by atoms with Crippen molar-refractivity contribution in [1.82, 2.24) is 4.57 Å². The number of aromatic nitrogens is 1. The lowest BCUT2D eigenvalue weighted by Crippen LogP contribution is -2.39. The van der Waals surface area contributed by atoms with Crippen molar-refractivity contribution in [2.24, 2.45) is 5.41 Å². The third-order valence-electron chi connectivity index (χ3n) is 4.44. The number of alkyl halides is 1. The largest absolute Gasteiger partial charge is 0.312 e. The van der Waals surface area contributed by atoms with Gasteiger partial charge in [-0.05, 0) is 43.1 Å². The van der Waals surface area contributed by atoms with Crippen molar-refractivity contribution < 1.29 is 0 Å². The molecule has 0 atom stereocenters. The molecule has 2 aliphatic rings. The fourth-order valence-corrected chi connectivity index (χ4v) is 3.89. The van der Waals surface area contributed by atoms with Crippen molar-refractivity contribution in [1.29, 1.82) is 0 Å². The molecule has 2 nitrogen and oxygen atoms in total. The number of hydrogen-bond acceptors (Lipinski definition) is 1. The van der Waals surface area contributed by atoms with Gasteiger partial charge in [0.2, 0.25) is 0 Å². The highest BCUT2D eigenvalue weighted by molar-refractivity contribution is 9.09. The minimum atomic E-state index is 0.192. The van der Waals surface area contributed by atoms with Crippen molar-refractivity contribution in [2.45, 2.75) is 45.1 Å². The standard InChI is InChI=1S/C14H18BrNO/c15-9-14(7-2-8-14)10-16-12-4-1-3-11(12)5-6-13(16)17/h5-6H,1-4,7-10H2. The average Bonchev–Trinajstić information content (AvgIpc) is 2.74. The van der Waals surface area contributed by atoms with Gasteiger partial charge in [-0.15, -0.1) is 0 Å². The molecule has 2 aliphatic carbocycles. The minimum Gasteiger partial charge on any atom is -0.312 e. The summed E-state index contributed by atoms with van der Waals surface area (Å²) in [4.78, 5) is 12.1. The SMILES string of the molecule is O=c1ccc2c(n1CC1(CBr)CCC1)CCC2. The van der Waals surface area contributed by atoms with Crippen LogP contribution in [-0.2, 0) is 19.4 Å². The van der Waals surface area contributed by atoms with Crippen LogP contribution >= 0.6 is 15.9 Å². The van der Waals surface area contributed by atoms with E-state index in [1.165, 1.54) is 36.9 Å². The van der Waals surface area contributed by atoms with Crippen molar-refractivity contribution >= 4 is 15.9 Å². The molecular weight excluding hydrogens is 278 g/mol. The lowest BCUT2D eigenvalue weighted by atomic mass is 9.70. The van der Waals surface area contributed by atoms with Crippen LogP contribution in [0.2, 0.25) is 0 Å². The summed E-state index contributed by atoms with van der Waals surface area (Å²) in [5, 5.41) is 1.02. The molecule has 0 saturated heterocycles. The third kappa shape index (κ3) is 1.88. The van der Waals surface area contributed by atoms with Gasteiger partial charge >= 0.3 is 0 Å². The van der Waals surface area contributed by atoms with Crippen LogP contribution in [0.3, 0.4) is 0 Å². The lowest BCUT2D eigenvalue weighted by Gasteiger charge is -2.41. The molecule has 0 aromatic carbocycles. The first-order chi connectivity index (χ1) is 8.24. The van der Waals surface area contributed by atoms with E-state index in [0.29, 0.717) is 5.41 Å². The number of nitrogens with zero attached hydrogens (tertiary/aromatic N) is 1. The van der Waals surface area contributed by atoms with E-state index in [9.17, 15) is 4.79 Å². The number of aryl methyl sites for hydroxylation is 1. The van der Waals surface area contributed by atoms with Crippen LogP contribution < -0.4 is 5.56 Å². The zero-order valence-corrected chi connectivity index (χ0v) is 11.6. The van der Waals surface area contributed by atoms with E-state index < -0.39 is 0 Å². The molecule has 0 spiro atoms. The highest BCUT2D eigenvalue weighted by Crippen LogP contribution is 2.44. The molecule has 17 heavy (non-hydrogen) atoms. The maximum Gasteiger partial charge on any atom is 0.250 e. The second-order valence-electron chi connectivity index (χ2n) is 5.57. The summed E-state index contributed by atoms with van der Waals surface area (Å²) < 4.78 is 2.06. The smallest absolute Gasteiger partial charge is 0.250 e. The predicted octanol–water partition coefficient (Wildman–Crippen LogP) is 2.90. The Labute approximate surface area is 110 Å². The molecule has 0 radical (unpaired) electrons. The molecule has 0 unspecified atom stereocenters. The zero-order chi connectivity index (χ0) is 11.9. The number of halogens is 1. The van der Waals surface area contributed by atoms with Crippen molar-refractivity contribution in [3.05, 3.63) is 33.7 Å². The number of pyridine rings is 1. The van der Waals surface area contributed by atoms with E-state index in [1.807, 2.05) is 6.07 Å². The van der Waals surface area contributed by atoms with Crippen LogP contribution in [0.4, 0.5) is 0 Å². The molecule has 3 rings (SSSR count). The topological polar surface area (TPSA) is 22.0 Å². The Morgan fingerprint density at radius 1 is 1.24 bits per heavy atom. The van der Waals surface area contributed by atoms with E-state index in [-0.39, 0.29) is 5.56 Å². The molecular formula is C14H18BrNO. The minimum absolute atomic E-state index is 0.192. The first-order valence-corrected chi connectivity index (χ1v) is 7.64. The summed E-state index contributed by atoms with van der Waals surface area (Å²) >= 11 is 3.63. The molecule has 0 amide bonds. The van der Waals surface area contributed by atoms with Gasteiger partial charge < -0.3 is 4.57 Å². The van der Waals surface area contributed by atoms with E-state index in [1.54, 1.807) is 6.07 Å². The Balaban J connectivity index is 1.97. The molecule has 1 aromatic rings. The van der Waals surface area contributed by atoms with Crippen LogP contribution in [0, 0.1) is 5.41 Å². The number of hydrogen-bond donors (Lipinski definition) is 0. The van der Waals surface area contributed by atoms with Gasteiger partial charge in [0.1, 0.15) is 0 Å². The molecule has 3 heteroatoms. The zero-order valence-electron chi connectivity index (χ0n) is 10.0. The van der Waals surface area contributed by atoms with Gasteiger partial charge in [-0.25, -0.2) is 0 Å². The van der Waals surface area contributed by atoms with Gasteiger partial charge in [0.05, 0.1) is 0 Å². The van der Waals surface area contributed by atoms with Crippen molar-refractivity contribution in [2.75, 3.05) is 5.33 Å². The van der Waals surface area contributed by atoms with Crippen LogP contribution in [0.5, 0.6) is 0 Å². The molecule has 92 valence electrons. The predicted molar refractivity (Wildman–Crippen MR) is 72.8 cm³/mol. The van der Waals surface area contributed by atoms with Crippen molar-refractivity contribution in [3.63, 3.8) is 0 Å². The number of rotatable bonds is 3. The first kappa shape index (κ1) is 11.5. The first-order valence-electron chi connectivity index (χ1n) is 6.52. The van der Waals surface area contributed by atoms with Gasteiger partial charge in [-0.3, -0.25) is 4.79 Å². The summed E-state index contributed by atoms with van der Waals surface area (Å²) in [6.07, 6.45) is 7.28. The number of fused-ring (bicyclic) bond motifs is 1. The van der Waals surface area contributed by atoms with E-state index in [0.717, 1.165) is 24.7 Å². The Bertz CT molecular complexity index is 482. The second-order valence-corrected chi connectivity index (χ2v) is 6.13. The quantitative estimate of drug-likeness (QED) is 0.786. The normalized spacial score (nSPS) is 21.0. The Kier molecular flexibility index (Phi) is 2.89. The van der Waals surface area contributed by atoms with Gasteiger partial charge in [-0.2, -0.15) is 0 Å². The molecule has 1 saturated carbocycles. The average molecular weight is 296 g/mol. The van der Waals surface area contributed by atoms with Gasteiger partial charge in [0.15, 0.2) is 0 Å². The summed E-state index contributed by atoms with van der Waals surface area (Å²) in [6.45, 7) is 0.917. The summed E-state index contributed by atoms with van der Waals surface area (Å²) in [6, 6.07) is 3.79. The van der Waals surface area contributed by atoms with E-state index in [2.05, 4.69) is 20.5 Å². The van der Waals surface area contributed by atoms with Gasteiger partial charge in [0, 0.05) is 23.6 Å². The van der Waals surface area contributed by atoms with E-state index in [4.69, 9.17) is 0 Å². The molecule has 0 aliphatic heterocycles. The van der Waals surface area contributed by atoms with E-state index >= 15 is 0 Å².